The van der Waals surface area contributed by atoms with Gasteiger partial charge in [-0.25, -0.2) is 13.1 Å². The Morgan fingerprint density at radius 2 is 1.57 bits per heavy atom. The Bertz CT molecular complexity index is 853. The number of hydrogen-bond donors (Lipinski definition) is 1. The second-order valence-corrected chi connectivity index (χ2v) is 7.78. The topological polar surface area (TPSA) is 90.9 Å². The van der Waals surface area contributed by atoms with Crippen molar-refractivity contribution in [1.82, 2.24) is 4.72 Å². The zero-order chi connectivity index (χ0) is 20.4. The van der Waals surface area contributed by atoms with Crippen molar-refractivity contribution in [3.63, 3.8) is 0 Å². The summed E-state index contributed by atoms with van der Waals surface area (Å²) in [6.07, 6.45) is -0.0874. The Morgan fingerprint density at radius 3 is 2.18 bits per heavy atom. The summed E-state index contributed by atoms with van der Waals surface area (Å²) in [5, 5.41) is 0.440. The van der Waals surface area contributed by atoms with Crippen molar-refractivity contribution in [2.75, 3.05) is 26.4 Å². The Morgan fingerprint density at radius 1 is 0.964 bits per heavy atom. The molecule has 7 nitrogen and oxygen atoms in total. The summed E-state index contributed by atoms with van der Waals surface area (Å²) in [4.78, 5) is 11.8. The second kappa shape index (κ2) is 10.9. The number of hydrogen-bond acceptors (Lipinski definition) is 6. The van der Waals surface area contributed by atoms with Gasteiger partial charge in [0.25, 0.3) is 0 Å². The number of esters is 1. The number of halogens is 1. The first-order valence-electron chi connectivity index (χ1n) is 8.67. The van der Waals surface area contributed by atoms with E-state index in [2.05, 4.69) is 4.72 Å². The van der Waals surface area contributed by atoms with Crippen LogP contribution >= 0.6 is 11.6 Å². The predicted octanol–water partition coefficient (Wildman–Crippen LogP) is 3.03. The molecular formula is C19H22ClNO6S. The Labute approximate surface area is 169 Å². The van der Waals surface area contributed by atoms with Crippen LogP contribution in [0.2, 0.25) is 5.02 Å². The van der Waals surface area contributed by atoms with E-state index < -0.39 is 16.0 Å². The fourth-order valence-electron chi connectivity index (χ4n) is 2.17. The summed E-state index contributed by atoms with van der Waals surface area (Å²) in [6.45, 7) is 2.68. The quantitative estimate of drug-likeness (QED) is 0.438. The molecule has 2 rings (SSSR count). The van der Waals surface area contributed by atoms with Gasteiger partial charge in [0.2, 0.25) is 10.0 Å². The van der Waals surface area contributed by atoms with Crippen LogP contribution in [0.15, 0.2) is 53.4 Å². The molecule has 0 aromatic heterocycles. The molecule has 0 aliphatic rings. The highest BCUT2D eigenvalue weighted by molar-refractivity contribution is 7.89. The summed E-state index contributed by atoms with van der Waals surface area (Å²) in [6, 6.07) is 12.8. The van der Waals surface area contributed by atoms with Gasteiger partial charge in [0.05, 0.1) is 17.9 Å². The van der Waals surface area contributed by atoms with Gasteiger partial charge in [-0.1, -0.05) is 11.6 Å². The average molecular weight is 428 g/mol. The molecule has 0 spiro atoms. The maximum Gasteiger partial charge on any atom is 0.307 e. The zero-order valence-corrected chi connectivity index (χ0v) is 17.0. The summed E-state index contributed by atoms with van der Waals surface area (Å²) >= 11 is 5.73. The first-order valence-corrected chi connectivity index (χ1v) is 10.5. The van der Waals surface area contributed by atoms with Gasteiger partial charge in [0.15, 0.2) is 0 Å². The van der Waals surface area contributed by atoms with Crippen LogP contribution in [0, 0.1) is 0 Å². The van der Waals surface area contributed by atoms with E-state index in [-0.39, 0.29) is 31.1 Å². The minimum atomic E-state index is -3.69. The van der Waals surface area contributed by atoms with Crippen molar-refractivity contribution in [3.05, 3.63) is 53.6 Å². The first-order chi connectivity index (χ1) is 13.4. The molecule has 0 aliphatic heterocycles. The van der Waals surface area contributed by atoms with Crippen molar-refractivity contribution >= 4 is 27.6 Å². The highest BCUT2D eigenvalue weighted by Gasteiger charge is 2.14. The molecule has 0 radical (unpaired) electrons. The van der Waals surface area contributed by atoms with Gasteiger partial charge in [-0.15, -0.1) is 0 Å². The lowest BCUT2D eigenvalue weighted by atomic mass is 10.3. The fraction of sp³-hybridized carbons (Fsp3) is 0.316. The van der Waals surface area contributed by atoms with Gasteiger partial charge in [0, 0.05) is 11.6 Å². The van der Waals surface area contributed by atoms with Crippen molar-refractivity contribution < 1.29 is 27.4 Å². The van der Waals surface area contributed by atoms with E-state index >= 15 is 0 Å². The monoisotopic (exact) mass is 427 g/mol. The fourth-order valence-corrected chi connectivity index (χ4v) is 3.33. The van der Waals surface area contributed by atoms with Crippen LogP contribution in [-0.4, -0.2) is 40.8 Å². The van der Waals surface area contributed by atoms with Crippen molar-refractivity contribution in [1.29, 1.82) is 0 Å². The molecular weight excluding hydrogens is 406 g/mol. The van der Waals surface area contributed by atoms with E-state index in [1.807, 2.05) is 6.92 Å². The summed E-state index contributed by atoms with van der Waals surface area (Å²) in [7, 11) is -3.69. The molecule has 0 saturated heterocycles. The number of nitrogens with one attached hydrogen (secondary N) is 1. The van der Waals surface area contributed by atoms with Gasteiger partial charge in [-0.05, 0) is 55.5 Å². The number of carbonyl (C=O) groups excluding carboxylic acids is 1. The minimum Gasteiger partial charge on any atom is -0.494 e. The predicted molar refractivity (Wildman–Crippen MR) is 105 cm³/mol. The van der Waals surface area contributed by atoms with Crippen LogP contribution < -0.4 is 14.2 Å². The van der Waals surface area contributed by atoms with Gasteiger partial charge in [-0.2, -0.15) is 0 Å². The van der Waals surface area contributed by atoms with Gasteiger partial charge in [-0.3, -0.25) is 4.79 Å². The van der Waals surface area contributed by atoms with Crippen molar-refractivity contribution in [2.24, 2.45) is 0 Å². The largest absolute Gasteiger partial charge is 0.494 e. The summed E-state index contributed by atoms with van der Waals surface area (Å²) < 4.78 is 42.3. The van der Waals surface area contributed by atoms with E-state index in [0.717, 1.165) is 5.75 Å². The standard InChI is InChI=1S/C19H22ClNO6S/c1-2-25-16-5-7-17(8-6-16)26-13-14-27-19(22)11-12-21-28(23,24)18-9-3-15(20)4-10-18/h3-10,21H,2,11-14H2,1H3. The lowest BCUT2D eigenvalue weighted by molar-refractivity contribution is -0.144. The van der Waals surface area contributed by atoms with Gasteiger partial charge in [0.1, 0.15) is 24.7 Å². The number of ether oxygens (including phenoxy) is 3. The van der Waals surface area contributed by atoms with E-state index in [1.54, 1.807) is 24.3 Å². The van der Waals surface area contributed by atoms with Crippen molar-refractivity contribution in [3.8, 4) is 11.5 Å². The molecule has 0 unspecified atom stereocenters. The molecule has 2 aromatic carbocycles. The molecule has 0 amide bonds. The third kappa shape index (κ3) is 7.38. The number of carbonyl (C=O) groups is 1. The molecule has 0 atom stereocenters. The molecule has 0 bridgehead atoms. The van der Waals surface area contributed by atoms with E-state index in [9.17, 15) is 13.2 Å². The molecule has 0 saturated carbocycles. The third-order valence-corrected chi connectivity index (χ3v) is 5.22. The molecule has 1 N–H and O–H groups in total. The summed E-state index contributed by atoms with van der Waals surface area (Å²) in [5.74, 6) is 0.867. The van der Waals surface area contributed by atoms with Gasteiger partial charge < -0.3 is 14.2 Å². The van der Waals surface area contributed by atoms with Crippen LogP contribution in [0.1, 0.15) is 13.3 Å². The number of rotatable bonds is 11. The Hall–Kier alpha value is -2.29. The first kappa shape index (κ1) is 22.0. The third-order valence-electron chi connectivity index (χ3n) is 3.49. The minimum absolute atomic E-state index is 0.0655. The van der Waals surface area contributed by atoms with Crippen LogP contribution in [0.5, 0.6) is 11.5 Å². The lowest BCUT2D eigenvalue weighted by Crippen LogP contribution is -2.27. The molecule has 2 aromatic rings. The highest BCUT2D eigenvalue weighted by Crippen LogP contribution is 2.17. The smallest absolute Gasteiger partial charge is 0.307 e. The van der Waals surface area contributed by atoms with Crippen LogP contribution in [0.25, 0.3) is 0 Å². The van der Waals surface area contributed by atoms with Crippen LogP contribution in [0.3, 0.4) is 0 Å². The van der Waals surface area contributed by atoms with E-state index in [4.69, 9.17) is 25.8 Å². The SMILES string of the molecule is CCOc1ccc(OCCOC(=O)CCNS(=O)(=O)c2ccc(Cl)cc2)cc1. The number of sulfonamides is 1. The molecule has 152 valence electrons. The Kier molecular flexibility index (Phi) is 8.56. The molecule has 0 aliphatic carbocycles. The molecule has 28 heavy (non-hydrogen) atoms. The van der Waals surface area contributed by atoms with Gasteiger partial charge >= 0.3 is 5.97 Å². The van der Waals surface area contributed by atoms with Crippen molar-refractivity contribution in [2.45, 2.75) is 18.2 Å². The summed E-state index contributed by atoms with van der Waals surface area (Å²) in [5.41, 5.74) is 0. The molecule has 9 heteroatoms. The maximum absolute atomic E-state index is 12.1. The lowest BCUT2D eigenvalue weighted by Gasteiger charge is -2.09. The highest BCUT2D eigenvalue weighted by atomic mass is 35.5. The normalized spacial score (nSPS) is 11.1. The zero-order valence-electron chi connectivity index (χ0n) is 15.4. The molecule has 0 fully saturated rings. The average Bonchev–Trinajstić information content (AvgIpc) is 2.67. The van der Waals surface area contributed by atoms with Crippen LogP contribution in [-0.2, 0) is 19.6 Å². The van der Waals surface area contributed by atoms with E-state index in [1.165, 1.54) is 24.3 Å². The maximum atomic E-state index is 12.1. The van der Waals surface area contributed by atoms with Crippen LogP contribution in [0.4, 0.5) is 0 Å². The molecule has 0 heterocycles. The number of benzene rings is 2. The Balaban J connectivity index is 1.64. The second-order valence-electron chi connectivity index (χ2n) is 5.58. The van der Waals surface area contributed by atoms with E-state index in [0.29, 0.717) is 17.4 Å².